The Morgan fingerprint density at radius 2 is 2.47 bits per heavy atom. The standard InChI is InChI=1S/C11H17NOS2/c1-9-2-3-13-11(9)7-12-6-10-8-14-4-5-15-10/h2-3,10,12H,4-8H2,1H3. The molecule has 0 amide bonds. The molecule has 1 saturated heterocycles. The van der Waals surface area contributed by atoms with Gasteiger partial charge in [-0.2, -0.15) is 23.5 Å². The highest BCUT2D eigenvalue weighted by Crippen LogP contribution is 2.23. The fraction of sp³-hybridized carbons (Fsp3) is 0.636. The van der Waals surface area contributed by atoms with Crippen molar-refractivity contribution in [3.63, 3.8) is 0 Å². The number of nitrogens with one attached hydrogen (secondary N) is 1. The highest BCUT2D eigenvalue weighted by molar-refractivity contribution is 8.06. The largest absolute Gasteiger partial charge is 0.468 e. The van der Waals surface area contributed by atoms with E-state index in [9.17, 15) is 0 Å². The lowest BCUT2D eigenvalue weighted by Gasteiger charge is -2.20. The molecule has 1 N–H and O–H groups in total. The summed E-state index contributed by atoms with van der Waals surface area (Å²) in [6, 6.07) is 2.02. The van der Waals surface area contributed by atoms with Gasteiger partial charge in [-0.1, -0.05) is 0 Å². The van der Waals surface area contributed by atoms with Gasteiger partial charge in [0.2, 0.25) is 0 Å². The second-order valence-corrected chi connectivity index (χ2v) is 6.28. The van der Waals surface area contributed by atoms with Gasteiger partial charge in [-0.15, -0.1) is 0 Å². The fourth-order valence-corrected chi connectivity index (χ4v) is 4.23. The van der Waals surface area contributed by atoms with E-state index in [1.54, 1.807) is 6.26 Å². The Kier molecular flexibility index (Phi) is 4.47. The van der Waals surface area contributed by atoms with E-state index in [-0.39, 0.29) is 0 Å². The van der Waals surface area contributed by atoms with Crippen LogP contribution in [0.1, 0.15) is 11.3 Å². The Hall–Kier alpha value is -0.0600. The van der Waals surface area contributed by atoms with Gasteiger partial charge in [0.25, 0.3) is 0 Å². The first-order valence-corrected chi connectivity index (χ1v) is 7.49. The van der Waals surface area contributed by atoms with Crippen molar-refractivity contribution < 1.29 is 4.42 Å². The number of furan rings is 1. The van der Waals surface area contributed by atoms with Crippen LogP contribution in [0.15, 0.2) is 16.7 Å². The van der Waals surface area contributed by atoms with Gasteiger partial charge in [0.15, 0.2) is 0 Å². The molecule has 1 aromatic heterocycles. The third-order valence-corrected chi connectivity index (χ3v) is 5.36. The maximum Gasteiger partial charge on any atom is 0.120 e. The van der Waals surface area contributed by atoms with Gasteiger partial charge in [-0.25, -0.2) is 0 Å². The van der Waals surface area contributed by atoms with E-state index in [4.69, 9.17) is 4.42 Å². The fourth-order valence-electron chi connectivity index (χ4n) is 1.59. The topological polar surface area (TPSA) is 25.2 Å². The minimum absolute atomic E-state index is 0.777. The van der Waals surface area contributed by atoms with E-state index >= 15 is 0 Å². The summed E-state index contributed by atoms with van der Waals surface area (Å²) in [5.41, 5.74) is 1.24. The van der Waals surface area contributed by atoms with E-state index in [0.717, 1.165) is 24.1 Å². The van der Waals surface area contributed by atoms with Crippen LogP contribution in [0.5, 0.6) is 0 Å². The van der Waals surface area contributed by atoms with Crippen molar-refractivity contribution in [1.29, 1.82) is 0 Å². The first-order chi connectivity index (χ1) is 7.36. The Morgan fingerprint density at radius 1 is 1.53 bits per heavy atom. The lowest BCUT2D eigenvalue weighted by Crippen LogP contribution is -2.28. The zero-order chi connectivity index (χ0) is 10.5. The zero-order valence-electron chi connectivity index (χ0n) is 8.99. The highest BCUT2D eigenvalue weighted by Gasteiger charge is 2.13. The second-order valence-electron chi connectivity index (χ2n) is 3.73. The van der Waals surface area contributed by atoms with Crippen molar-refractivity contribution >= 4 is 23.5 Å². The van der Waals surface area contributed by atoms with Crippen LogP contribution >= 0.6 is 23.5 Å². The summed E-state index contributed by atoms with van der Waals surface area (Å²) in [4.78, 5) is 0. The van der Waals surface area contributed by atoms with Gasteiger partial charge in [0.1, 0.15) is 5.76 Å². The first-order valence-electron chi connectivity index (χ1n) is 5.29. The molecule has 1 aliphatic heterocycles. The van der Waals surface area contributed by atoms with Gasteiger partial charge in [0, 0.05) is 29.1 Å². The third-order valence-electron chi connectivity index (χ3n) is 2.51. The van der Waals surface area contributed by atoms with Crippen LogP contribution in [-0.4, -0.2) is 29.1 Å². The van der Waals surface area contributed by atoms with Crippen molar-refractivity contribution in [2.45, 2.75) is 18.7 Å². The molecule has 0 saturated carbocycles. The number of thioether (sulfide) groups is 2. The van der Waals surface area contributed by atoms with E-state index < -0.39 is 0 Å². The quantitative estimate of drug-likeness (QED) is 0.878. The summed E-state index contributed by atoms with van der Waals surface area (Å²) in [6.07, 6.45) is 1.76. The van der Waals surface area contributed by atoms with Gasteiger partial charge in [-0.3, -0.25) is 0 Å². The average Bonchev–Trinajstić information content (AvgIpc) is 2.66. The molecule has 15 heavy (non-hydrogen) atoms. The van der Waals surface area contributed by atoms with Gasteiger partial charge in [-0.05, 0) is 18.6 Å². The highest BCUT2D eigenvalue weighted by atomic mass is 32.2. The molecule has 84 valence electrons. The molecule has 0 radical (unpaired) electrons. The molecule has 2 rings (SSSR count). The number of hydrogen-bond acceptors (Lipinski definition) is 4. The van der Waals surface area contributed by atoms with Crippen LogP contribution in [-0.2, 0) is 6.54 Å². The second kappa shape index (κ2) is 5.87. The Balaban J connectivity index is 1.68. The summed E-state index contributed by atoms with van der Waals surface area (Å²) < 4.78 is 5.38. The van der Waals surface area contributed by atoms with E-state index in [0.29, 0.717) is 0 Å². The Bertz CT molecular complexity index is 295. The predicted octanol–water partition coefficient (Wildman–Crippen LogP) is 2.53. The minimum atomic E-state index is 0.777. The van der Waals surface area contributed by atoms with Crippen molar-refractivity contribution in [2.75, 3.05) is 23.8 Å². The summed E-state index contributed by atoms with van der Waals surface area (Å²) in [6.45, 7) is 4.05. The predicted molar refractivity (Wildman–Crippen MR) is 68.7 cm³/mol. The molecular weight excluding hydrogens is 226 g/mol. The molecule has 1 unspecified atom stereocenters. The molecule has 0 bridgehead atoms. The molecule has 1 fully saturated rings. The van der Waals surface area contributed by atoms with Crippen molar-refractivity contribution in [3.05, 3.63) is 23.7 Å². The maximum atomic E-state index is 5.38. The maximum absolute atomic E-state index is 5.38. The SMILES string of the molecule is Cc1ccoc1CNCC1CSCCS1. The van der Waals surface area contributed by atoms with Crippen molar-refractivity contribution in [3.8, 4) is 0 Å². The number of aryl methyl sites for hydroxylation is 1. The van der Waals surface area contributed by atoms with Crippen molar-refractivity contribution in [1.82, 2.24) is 5.32 Å². The Morgan fingerprint density at radius 3 is 3.13 bits per heavy atom. The van der Waals surface area contributed by atoms with Crippen LogP contribution in [0.3, 0.4) is 0 Å². The molecule has 4 heteroatoms. The monoisotopic (exact) mass is 243 g/mol. The summed E-state index contributed by atoms with van der Waals surface area (Å²) in [5.74, 6) is 4.98. The van der Waals surface area contributed by atoms with Crippen LogP contribution in [0.2, 0.25) is 0 Å². The van der Waals surface area contributed by atoms with E-state index in [1.807, 2.05) is 6.07 Å². The molecule has 0 aliphatic carbocycles. The van der Waals surface area contributed by atoms with Crippen molar-refractivity contribution in [2.24, 2.45) is 0 Å². The minimum Gasteiger partial charge on any atom is -0.468 e. The summed E-state index contributed by atoms with van der Waals surface area (Å²) in [7, 11) is 0. The number of rotatable bonds is 4. The normalized spacial score (nSPS) is 21.8. The molecule has 0 spiro atoms. The number of hydrogen-bond donors (Lipinski definition) is 1. The zero-order valence-corrected chi connectivity index (χ0v) is 10.6. The molecule has 1 atom stereocenters. The van der Waals surface area contributed by atoms with Gasteiger partial charge in [0.05, 0.1) is 12.8 Å². The third kappa shape index (κ3) is 3.47. The molecule has 1 aromatic rings. The molecule has 2 heterocycles. The van der Waals surface area contributed by atoms with E-state index in [1.165, 1.54) is 22.8 Å². The van der Waals surface area contributed by atoms with Crippen LogP contribution in [0, 0.1) is 6.92 Å². The van der Waals surface area contributed by atoms with Crippen LogP contribution in [0.4, 0.5) is 0 Å². The molecule has 2 nitrogen and oxygen atoms in total. The first kappa shape index (κ1) is 11.4. The smallest absolute Gasteiger partial charge is 0.120 e. The molecule has 1 aliphatic rings. The van der Waals surface area contributed by atoms with Crippen LogP contribution < -0.4 is 5.32 Å². The van der Waals surface area contributed by atoms with Gasteiger partial charge < -0.3 is 9.73 Å². The van der Waals surface area contributed by atoms with Gasteiger partial charge >= 0.3 is 0 Å². The average molecular weight is 243 g/mol. The molecule has 0 aromatic carbocycles. The van der Waals surface area contributed by atoms with Crippen LogP contribution in [0.25, 0.3) is 0 Å². The summed E-state index contributed by atoms with van der Waals surface area (Å²) in [5, 5.41) is 4.25. The Labute approximate surface area is 99.6 Å². The lowest BCUT2D eigenvalue weighted by atomic mass is 10.3. The van der Waals surface area contributed by atoms with E-state index in [2.05, 4.69) is 35.8 Å². The lowest BCUT2D eigenvalue weighted by molar-refractivity contribution is 0.481. The summed E-state index contributed by atoms with van der Waals surface area (Å²) >= 11 is 4.16. The molecular formula is C11H17NOS2.